The zero-order chi connectivity index (χ0) is 13.0. The van der Waals surface area contributed by atoms with Crippen molar-refractivity contribution < 1.29 is 9.90 Å². The molecule has 1 aromatic heterocycles. The number of carbonyl (C=O) groups is 1. The quantitative estimate of drug-likeness (QED) is 0.882. The first-order valence-electron chi connectivity index (χ1n) is 6.50. The Labute approximate surface area is 107 Å². The maximum Gasteiger partial charge on any atom is 0.305 e. The highest BCUT2D eigenvalue weighted by Crippen LogP contribution is 2.23. The molecule has 18 heavy (non-hydrogen) atoms. The van der Waals surface area contributed by atoms with E-state index in [2.05, 4.69) is 16.9 Å². The van der Waals surface area contributed by atoms with E-state index < -0.39 is 5.97 Å². The number of hydrogen-bond donors (Lipinski definition) is 1. The van der Waals surface area contributed by atoms with Crippen LogP contribution in [-0.2, 0) is 11.2 Å². The van der Waals surface area contributed by atoms with E-state index in [0.29, 0.717) is 5.95 Å². The van der Waals surface area contributed by atoms with Gasteiger partial charge in [0.15, 0.2) is 0 Å². The molecule has 1 aliphatic rings. The van der Waals surface area contributed by atoms with Crippen molar-refractivity contribution in [3.05, 3.63) is 18.0 Å². The summed E-state index contributed by atoms with van der Waals surface area (Å²) in [6.07, 6.45) is 7.81. The lowest BCUT2D eigenvalue weighted by atomic mass is 10.00. The van der Waals surface area contributed by atoms with Crippen LogP contribution in [0.2, 0.25) is 0 Å². The number of piperidine rings is 1. The molecule has 0 aromatic carbocycles. The molecular formula is C13H19N3O2. The summed E-state index contributed by atoms with van der Waals surface area (Å²) in [7, 11) is 0. The van der Waals surface area contributed by atoms with Crippen LogP contribution in [0.15, 0.2) is 12.4 Å². The third-order valence-electron chi connectivity index (χ3n) is 3.39. The summed E-state index contributed by atoms with van der Waals surface area (Å²) < 4.78 is 0. The number of anilines is 1. The van der Waals surface area contributed by atoms with E-state index in [9.17, 15) is 4.79 Å². The predicted molar refractivity (Wildman–Crippen MR) is 68.6 cm³/mol. The smallest absolute Gasteiger partial charge is 0.305 e. The van der Waals surface area contributed by atoms with Crippen molar-refractivity contribution in [2.75, 3.05) is 11.4 Å². The minimum Gasteiger partial charge on any atom is -0.481 e. The molecule has 1 fully saturated rings. The van der Waals surface area contributed by atoms with Gasteiger partial charge < -0.3 is 10.0 Å². The fraction of sp³-hybridized carbons (Fsp3) is 0.615. The van der Waals surface area contributed by atoms with E-state index in [1.165, 1.54) is 0 Å². The van der Waals surface area contributed by atoms with Crippen molar-refractivity contribution in [1.82, 2.24) is 9.97 Å². The second kappa shape index (κ2) is 5.80. The fourth-order valence-corrected chi connectivity index (χ4v) is 2.36. The van der Waals surface area contributed by atoms with Crippen LogP contribution in [0.4, 0.5) is 5.95 Å². The monoisotopic (exact) mass is 249 g/mol. The third kappa shape index (κ3) is 2.97. The van der Waals surface area contributed by atoms with Crippen LogP contribution in [0.1, 0.15) is 38.2 Å². The standard InChI is InChI=1S/C13H19N3O2/c1-2-10-8-14-13(15-9-10)16-6-4-3-5-11(16)7-12(17)18/h8-9,11H,2-7H2,1H3,(H,17,18). The Balaban J connectivity index is 2.13. The molecule has 5 nitrogen and oxygen atoms in total. The summed E-state index contributed by atoms with van der Waals surface area (Å²) >= 11 is 0. The summed E-state index contributed by atoms with van der Waals surface area (Å²) in [6, 6.07) is 0.0312. The van der Waals surface area contributed by atoms with E-state index in [4.69, 9.17) is 5.11 Å². The number of nitrogens with zero attached hydrogens (tertiary/aromatic N) is 3. The molecule has 1 unspecified atom stereocenters. The first kappa shape index (κ1) is 12.8. The maximum absolute atomic E-state index is 10.9. The number of carboxylic acids is 1. The highest BCUT2D eigenvalue weighted by atomic mass is 16.4. The van der Waals surface area contributed by atoms with Gasteiger partial charge in [-0.05, 0) is 31.2 Å². The highest BCUT2D eigenvalue weighted by molar-refractivity contribution is 5.68. The summed E-state index contributed by atoms with van der Waals surface area (Å²) in [5, 5.41) is 8.95. The van der Waals surface area contributed by atoms with Crippen LogP contribution in [0, 0.1) is 0 Å². The molecule has 0 bridgehead atoms. The Morgan fingerprint density at radius 1 is 1.44 bits per heavy atom. The van der Waals surface area contributed by atoms with Gasteiger partial charge in [-0.3, -0.25) is 4.79 Å². The molecule has 1 saturated heterocycles. The molecule has 1 aliphatic heterocycles. The third-order valence-corrected chi connectivity index (χ3v) is 3.39. The lowest BCUT2D eigenvalue weighted by Gasteiger charge is -2.34. The molecule has 2 rings (SSSR count). The van der Waals surface area contributed by atoms with Crippen LogP contribution < -0.4 is 4.90 Å². The van der Waals surface area contributed by atoms with E-state index in [-0.39, 0.29) is 12.5 Å². The number of aryl methyl sites for hydroxylation is 1. The molecule has 0 spiro atoms. The van der Waals surface area contributed by atoms with Crippen LogP contribution in [0.3, 0.4) is 0 Å². The van der Waals surface area contributed by atoms with E-state index in [1.54, 1.807) is 0 Å². The highest BCUT2D eigenvalue weighted by Gasteiger charge is 2.26. The van der Waals surface area contributed by atoms with Gasteiger partial charge in [0.1, 0.15) is 0 Å². The number of hydrogen-bond acceptors (Lipinski definition) is 4. The summed E-state index contributed by atoms with van der Waals surface area (Å²) in [6.45, 7) is 2.91. The number of carboxylic acid groups (broad SMARTS) is 1. The molecule has 2 heterocycles. The molecule has 0 amide bonds. The predicted octanol–water partition coefficient (Wildman–Crippen LogP) is 1.87. The molecule has 0 saturated carbocycles. The van der Waals surface area contributed by atoms with Gasteiger partial charge in [-0.2, -0.15) is 0 Å². The minimum absolute atomic E-state index is 0.0312. The minimum atomic E-state index is -0.753. The Morgan fingerprint density at radius 2 is 2.17 bits per heavy atom. The van der Waals surface area contributed by atoms with Gasteiger partial charge in [-0.15, -0.1) is 0 Å². The van der Waals surface area contributed by atoms with E-state index >= 15 is 0 Å². The van der Waals surface area contributed by atoms with Crippen LogP contribution in [0.5, 0.6) is 0 Å². The maximum atomic E-state index is 10.9. The van der Waals surface area contributed by atoms with E-state index in [1.807, 2.05) is 17.3 Å². The van der Waals surface area contributed by atoms with Crippen molar-refractivity contribution in [2.45, 2.75) is 45.1 Å². The van der Waals surface area contributed by atoms with Gasteiger partial charge in [0.05, 0.1) is 6.42 Å². The second-order valence-corrected chi connectivity index (χ2v) is 4.69. The first-order chi connectivity index (χ1) is 8.70. The lowest BCUT2D eigenvalue weighted by molar-refractivity contribution is -0.137. The van der Waals surface area contributed by atoms with Crippen LogP contribution >= 0.6 is 0 Å². The van der Waals surface area contributed by atoms with Gasteiger partial charge in [0.25, 0.3) is 0 Å². The van der Waals surface area contributed by atoms with Gasteiger partial charge >= 0.3 is 5.97 Å². The fourth-order valence-electron chi connectivity index (χ4n) is 2.36. The molecule has 0 aliphatic carbocycles. The number of rotatable bonds is 4. The molecule has 5 heteroatoms. The van der Waals surface area contributed by atoms with Crippen molar-refractivity contribution in [2.24, 2.45) is 0 Å². The summed E-state index contributed by atoms with van der Waals surface area (Å²) in [5.74, 6) is -0.0878. The Hall–Kier alpha value is -1.65. The summed E-state index contributed by atoms with van der Waals surface area (Å²) in [4.78, 5) is 21.6. The molecule has 1 aromatic rings. The van der Waals surface area contributed by atoms with Gasteiger partial charge in [-0.25, -0.2) is 9.97 Å². The van der Waals surface area contributed by atoms with Crippen LogP contribution in [-0.4, -0.2) is 33.6 Å². The number of aromatic nitrogens is 2. The normalized spacial score (nSPS) is 19.8. The van der Waals surface area contributed by atoms with Crippen LogP contribution in [0.25, 0.3) is 0 Å². The zero-order valence-electron chi connectivity index (χ0n) is 10.7. The van der Waals surface area contributed by atoms with E-state index in [0.717, 1.165) is 37.8 Å². The first-order valence-corrected chi connectivity index (χ1v) is 6.50. The van der Waals surface area contributed by atoms with Crippen molar-refractivity contribution in [1.29, 1.82) is 0 Å². The molecular weight excluding hydrogens is 230 g/mol. The average molecular weight is 249 g/mol. The van der Waals surface area contributed by atoms with Crippen molar-refractivity contribution in [3.63, 3.8) is 0 Å². The molecule has 1 atom stereocenters. The van der Waals surface area contributed by atoms with Gasteiger partial charge in [-0.1, -0.05) is 6.92 Å². The molecule has 1 N–H and O–H groups in total. The number of aliphatic carboxylic acids is 1. The van der Waals surface area contributed by atoms with Gasteiger partial charge in [0.2, 0.25) is 5.95 Å². The Kier molecular flexibility index (Phi) is 4.12. The average Bonchev–Trinajstić information content (AvgIpc) is 2.39. The topological polar surface area (TPSA) is 66.3 Å². The Morgan fingerprint density at radius 3 is 2.78 bits per heavy atom. The van der Waals surface area contributed by atoms with Crippen molar-refractivity contribution in [3.8, 4) is 0 Å². The molecule has 0 radical (unpaired) electrons. The van der Waals surface area contributed by atoms with Gasteiger partial charge in [0, 0.05) is 25.0 Å². The zero-order valence-corrected chi connectivity index (χ0v) is 10.7. The Bertz CT molecular complexity index is 405. The largest absolute Gasteiger partial charge is 0.481 e. The SMILES string of the molecule is CCc1cnc(N2CCCCC2CC(=O)O)nc1. The lowest BCUT2D eigenvalue weighted by Crippen LogP contribution is -2.41. The second-order valence-electron chi connectivity index (χ2n) is 4.69. The van der Waals surface area contributed by atoms with Crippen molar-refractivity contribution >= 4 is 11.9 Å². The summed E-state index contributed by atoms with van der Waals surface area (Å²) in [5.41, 5.74) is 1.10. The molecule has 98 valence electrons.